The highest BCUT2D eigenvalue weighted by molar-refractivity contribution is 5.68. The van der Waals surface area contributed by atoms with Crippen LogP contribution in [0, 0.1) is 0 Å². The Hall–Kier alpha value is -2.63. The first-order valence-electron chi connectivity index (χ1n) is 5.11. The van der Waals surface area contributed by atoms with Gasteiger partial charge in [-0.05, 0) is 12.1 Å². The fourth-order valence-electron chi connectivity index (χ4n) is 1.33. The van der Waals surface area contributed by atoms with Crippen LogP contribution in [0.25, 0.3) is 11.4 Å². The van der Waals surface area contributed by atoms with E-state index in [-0.39, 0.29) is 11.5 Å². The molecule has 2 rings (SSSR count). The molecule has 0 radical (unpaired) electrons. The van der Waals surface area contributed by atoms with Gasteiger partial charge < -0.3 is 14.9 Å². The number of hydrogen-bond acceptors (Lipinski definition) is 5. The molecule has 2 aromatic rings. The third kappa shape index (κ3) is 2.94. The highest BCUT2D eigenvalue weighted by atomic mass is 16.5. The number of aromatic hydroxyl groups is 1. The first kappa shape index (κ1) is 11.8. The standard InChI is InChI=1S/C12H10N2O4/c15-9-3-1-2-8(4-9)12-13-5-10(6-14-12)18-7-11(16)17/h1-6,15H,7H2,(H,16,17). The first-order valence-corrected chi connectivity index (χ1v) is 5.11. The van der Waals surface area contributed by atoms with Gasteiger partial charge >= 0.3 is 5.97 Å². The third-order valence-corrected chi connectivity index (χ3v) is 2.09. The average Bonchev–Trinajstić information content (AvgIpc) is 2.37. The maximum atomic E-state index is 10.3. The van der Waals surface area contributed by atoms with Gasteiger partial charge in [-0.25, -0.2) is 14.8 Å². The van der Waals surface area contributed by atoms with Gasteiger partial charge in [0.15, 0.2) is 18.2 Å². The summed E-state index contributed by atoms with van der Waals surface area (Å²) in [5.74, 6) is -0.232. The van der Waals surface area contributed by atoms with Crippen LogP contribution in [0.2, 0.25) is 0 Å². The maximum absolute atomic E-state index is 10.3. The molecule has 2 N–H and O–H groups in total. The molecule has 0 spiro atoms. The number of hydrogen-bond donors (Lipinski definition) is 2. The Balaban J connectivity index is 2.14. The van der Waals surface area contributed by atoms with Crippen molar-refractivity contribution in [2.24, 2.45) is 0 Å². The zero-order valence-corrected chi connectivity index (χ0v) is 9.28. The van der Waals surface area contributed by atoms with E-state index < -0.39 is 12.6 Å². The molecule has 6 nitrogen and oxygen atoms in total. The van der Waals surface area contributed by atoms with Crippen molar-refractivity contribution in [2.45, 2.75) is 0 Å². The summed E-state index contributed by atoms with van der Waals surface area (Å²) in [6, 6.07) is 6.52. The molecule has 0 saturated heterocycles. The van der Waals surface area contributed by atoms with Gasteiger partial charge in [-0.15, -0.1) is 0 Å². The number of aromatic nitrogens is 2. The number of carboxylic acid groups (broad SMARTS) is 1. The van der Waals surface area contributed by atoms with Gasteiger partial charge in [0.1, 0.15) is 5.75 Å². The lowest BCUT2D eigenvalue weighted by Gasteiger charge is -2.03. The molecular formula is C12H10N2O4. The van der Waals surface area contributed by atoms with E-state index in [0.717, 1.165) is 0 Å². The molecule has 1 heterocycles. The summed E-state index contributed by atoms with van der Waals surface area (Å²) in [5, 5.41) is 17.8. The number of benzene rings is 1. The van der Waals surface area contributed by atoms with Crippen LogP contribution in [0.1, 0.15) is 0 Å². The van der Waals surface area contributed by atoms with Crippen molar-refractivity contribution >= 4 is 5.97 Å². The second-order valence-electron chi connectivity index (χ2n) is 3.48. The number of aliphatic carboxylic acids is 1. The Kier molecular flexibility index (Phi) is 3.38. The largest absolute Gasteiger partial charge is 0.508 e. The average molecular weight is 246 g/mol. The molecule has 18 heavy (non-hydrogen) atoms. The van der Waals surface area contributed by atoms with Gasteiger partial charge in [0, 0.05) is 5.56 Å². The lowest BCUT2D eigenvalue weighted by molar-refractivity contribution is -0.139. The van der Waals surface area contributed by atoms with E-state index in [1.807, 2.05) is 0 Å². The summed E-state index contributed by atoms with van der Waals surface area (Å²) in [5.41, 5.74) is 0.666. The predicted octanol–water partition coefficient (Wildman–Crippen LogP) is 1.31. The second kappa shape index (κ2) is 5.13. The van der Waals surface area contributed by atoms with E-state index in [4.69, 9.17) is 9.84 Å². The zero-order valence-electron chi connectivity index (χ0n) is 9.28. The molecule has 0 aliphatic rings. The minimum absolute atomic E-state index is 0.127. The number of phenols is 1. The van der Waals surface area contributed by atoms with Crippen LogP contribution in [-0.2, 0) is 4.79 Å². The van der Waals surface area contributed by atoms with Gasteiger partial charge in [-0.3, -0.25) is 0 Å². The Morgan fingerprint density at radius 2 is 2.00 bits per heavy atom. The lowest BCUT2D eigenvalue weighted by atomic mass is 10.2. The van der Waals surface area contributed by atoms with Crippen molar-refractivity contribution in [1.82, 2.24) is 9.97 Å². The molecular weight excluding hydrogens is 236 g/mol. The Bertz CT molecular complexity index is 554. The monoisotopic (exact) mass is 246 g/mol. The van der Waals surface area contributed by atoms with Gasteiger partial charge in [-0.1, -0.05) is 12.1 Å². The highest BCUT2D eigenvalue weighted by Gasteiger charge is 2.04. The molecule has 0 unspecified atom stereocenters. The van der Waals surface area contributed by atoms with Crippen molar-refractivity contribution in [3.05, 3.63) is 36.7 Å². The topological polar surface area (TPSA) is 92.5 Å². The lowest BCUT2D eigenvalue weighted by Crippen LogP contribution is -2.09. The predicted molar refractivity (Wildman–Crippen MR) is 62.3 cm³/mol. The molecule has 0 fully saturated rings. The van der Waals surface area contributed by atoms with E-state index in [0.29, 0.717) is 11.4 Å². The molecule has 0 bridgehead atoms. The van der Waals surface area contributed by atoms with Crippen LogP contribution in [0.4, 0.5) is 0 Å². The van der Waals surface area contributed by atoms with E-state index in [1.54, 1.807) is 18.2 Å². The highest BCUT2D eigenvalue weighted by Crippen LogP contribution is 2.20. The van der Waals surface area contributed by atoms with Crippen molar-refractivity contribution in [2.75, 3.05) is 6.61 Å². The SMILES string of the molecule is O=C(O)COc1cnc(-c2cccc(O)c2)nc1. The maximum Gasteiger partial charge on any atom is 0.341 e. The van der Waals surface area contributed by atoms with E-state index in [1.165, 1.54) is 18.5 Å². The van der Waals surface area contributed by atoms with E-state index >= 15 is 0 Å². The van der Waals surface area contributed by atoms with Crippen LogP contribution in [0.3, 0.4) is 0 Å². The molecule has 92 valence electrons. The van der Waals surface area contributed by atoms with Crippen LogP contribution in [-0.4, -0.2) is 32.8 Å². The summed E-state index contributed by atoms with van der Waals surface area (Å²) < 4.78 is 4.91. The summed E-state index contributed by atoms with van der Waals surface area (Å²) in [6.45, 7) is -0.436. The van der Waals surface area contributed by atoms with Crippen LogP contribution in [0.5, 0.6) is 11.5 Å². The van der Waals surface area contributed by atoms with Crippen LogP contribution < -0.4 is 4.74 Å². The van der Waals surface area contributed by atoms with Crippen molar-refractivity contribution in [3.63, 3.8) is 0 Å². The Morgan fingerprint density at radius 3 is 2.61 bits per heavy atom. The first-order chi connectivity index (χ1) is 8.65. The molecule has 0 amide bonds. The van der Waals surface area contributed by atoms with Gasteiger partial charge in [0.05, 0.1) is 12.4 Å². The minimum Gasteiger partial charge on any atom is -0.508 e. The molecule has 6 heteroatoms. The number of carbonyl (C=O) groups is 1. The summed E-state index contributed by atoms with van der Waals surface area (Å²) >= 11 is 0. The van der Waals surface area contributed by atoms with Gasteiger partial charge in [0.2, 0.25) is 0 Å². The van der Waals surface area contributed by atoms with Gasteiger partial charge in [0.25, 0.3) is 0 Å². The molecule has 0 aliphatic carbocycles. The van der Waals surface area contributed by atoms with Crippen molar-refractivity contribution < 1.29 is 19.7 Å². The second-order valence-corrected chi connectivity index (χ2v) is 3.48. The van der Waals surface area contributed by atoms with E-state index in [2.05, 4.69) is 9.97 Å². The number of nitrogens with zero attached hydrogens (tertiary/aromatic N) is 2. The Labute approximate surface area is 103 Å². The third-order valence-electron chi connectivity index (χ3n) is 2.09. The number of rotatable bonds is 4. The molecule has 1 aromatic heterocycles. The summed E-state index contributed by atoms with van der Waals surface area (Å²) in [6.07, 6.45) is 2.77. The molecule has 0 atom stereocenters. The van der Waals surface area contributed by atoms with Crippen LogP contribution in [0.15, 0.2) is 36.7 Å². The van der Waals surface area contributed by atoms with E-state index in [9.17, 15) is 9.90 Å². The summed E-state index contributed by atoms with van der Waals surface area (Å²) in [4.78, 5) is 18.4. The summed E-state index contributed by atoms with van der Waals surface area (Å²) in [7, 11) is 0. The normalized spacial score (nSPS) is 10.0. The minimum atomic E-state index is -1.06. The quantitative estimate of drug-likeness (QED) is 0.845. The Morgan fingerprint density at radius 1 is 1.28 bits per heavy atom. The van der Waals surface area contributed by atoms with Crippen LogP contribution >= 0.6 is 0 Å². The zero-order chi connectivity index (χ0) is 13.0. The van der Waals surface area contributed by atoms with Crippen molar-refractivity contribution in [3.8, 4) is 22.9 Å². The molecule has 0 aliphatic heterocycles. The van der Waals surface area contributed by atoms with Gasteiger partial charge in [-0.2, -0.15) is 0 Å². The smallest absolute Gasteiger partial charge is 0.341 e. The fourth-order valence-corrected chi connectivity index (χ4v) is 1.33. The fraction of sp³-hybridized carbons (Fsp3) is 0.0833. The molecule has 0 saturated carbocycles. The number of ether oxygens (including phenoxy) is 1. The van der Waals surface area contributed by atoms with Crippen molar-refractivity contribution in [1.29, 1.82) is 0 Å². The number of phenolic OH excluding ortho intramolecular Hbond substituents is 1. The number of carboxylic acids is 1. The molecule has 1 aromatic carbocycles.